The van der Waals surface area contributed by atoms with Crippen molar-refractivity contribution < 1.29 is 13.9 Å². The summed E-state index contributed by atoms with van der Waals surface area (Å²) in [5, 5.41) is 0. The Morgan fingerprint density at radius 1 is 1.09 bits per heavy atom. The number of piperidine rings is 1. The molecule has 4 nitrogen and oxygen atoms in total. The van der Waals surface area contributed by atoms with Crippen molar-refractivity contribution in [3.63, 3.8) is 0 Å². The fourth-order valence-corrected chi connectivity index (χ4v) is 4.99. The van der Waals surface area contributed by atoms with E-state index in [1.54, 1.807) is 13.8 Å². The van der Waals surface area contributed by atoms with Crippen LogP contribution in [0.1, 0.15) is 51.5 Å². The Balaban J connectivity index is 1.22. The van der Waals surface area contributed by atoms with E-state index < -0.39 is 5.67 Å². The number of benzene rings is 1. The number of allylic oxidation sites excluding steroid dienone is 3. The van der Waals surface area contributed by atoms with Crippen molar-refractivity contribution >= 4 is 11.5 Å². The van der Waals surface area contributed by atoms with Gasteiger partial charge in [-0.25, -0.2) is 4.39 Å². The van der Waals surface area contributed by atoms with Crippen LogP contribution in [-0.2, 0) is 4.79 Å². The number of carbonyl (C=O) groups excluding carboxylic acids is 1. The van der Waals surface area contributed by atoms with Crippen LogP contribution in [-0.4, -0.2) is 60.7 Å². The van der Waals surface area contributed by atoms with Gasteiger partial charge in [-0.1, -0.05) is 30.4 Å². The van der Waals surface area contributed by atoms with Gasteiger partial charge in [-0.15, -0.1) is 0 Å². The molecule has 4 rings (SSSR count). The van der Waals surface area contributed by atoms with Crippen molar-refractivity contribution in [2.45, 2.75) is 51.6 Å². The van der Waals surface area contributed by atoms with E-state index in [0.717, 1.165) is 76.2 Å². The highest BCUT2D eigenvalue weighted by Gasteiger charge is 2.26. The number of ether oxygens (including phenoxy) is 1. The van der Waals surface area contributed by atoms with Gasteiger partial charge in [0.2, 0.25) is 5.91 Å². The lowest BCUT2D eigenvalue weighted by Crippen LogP contribution is -2.41. The first kappa shape index (κ1) is 23.0. The average Bonchev–Trinajstić information content (AvgIpc) is 3.33. The second kappa shape index (κ2) is 10.2. The molecule has 0 saturated carbocycles. The molecule has 2 heterocycles. The number of hydrogen-bond donors (Lipinski definition) is 0. The zero-order valence-corrected chi connectivity index (χ0v) is 19.6. The number of alkyl halides is 1. The summed E-state index contributed by atoms with van der Waals surface area (Å²) in [7, 11) is 0. The average molecular weight is 441 g/mol. The predicted octanol–water partition coefficient (Wildman–Crippen LogP) is 5.11. The van der Waals surface area contributed by atoms with Crippen LogP contribution < -0.4 is 4.74 Å². The molecule has 5 heteroatoms. The Hall–Kier alpha value is -2.14. The third-order valence-electron chi connectivity index (χ3n) is 6.81. The largest absolute Gasteiger partial charge is 0.493 e. The molecular formula is C27H37FN2O2. The first-order chi connectivity index (χ1) is 15.4. The first-order valence-electron chi connectivity index (χ1n) is 12.2. The van der Waals surface area contributed by atoms with Crippen LogP contribution in [0.5, 0.6) is 5.75 Å². The molecule has 1 aliphatic carbocycles. The molecule has 1 unspecified atom stereocenters. The molecule has 2 fully saturated rings. The summed E-state index contributed by atoms with van der Waals surface area (Å²) in [5.74, 6) is 1.69. The molecule has 2 aliphatic heterocycles. The Kier molecular flexibility index (Phi) is 7.34. The van der Waals surface area contributed by atoms with E-state index >= 15 is 0 Å². The zero-order chi connectivity index (χ0) is 22.6. The maximum atomic E-state index is 13.8. The topological polar surface area (TPSA) is 32.8 Å². The van der Waals surface area contributed by atoms with Crippen LogP contribution in [0.25, 0.3) is 5.57 Å². The van der Waals surface area contributed by atoms with Crippen molar-refractivity contribution in [3.05, 3.63) is 48.1 Å². The summed E-state index contributed by atoms with van der Waals surface area (Å²) < 4.78 is 19.9. The summed E-state index contributed by atoms with van der Waals surface area (Å²) in [6.45, 7) is 8.25. The third kappa shape index (κ3) is 6.22. The number of hydrogen-bond acceptors (Lipinski definition) is 3. The third-order valence-corrected chi connectivity index (χ3v) is 6.81. The summed E-state index contributed by atoms with van der Waals surface area (Å²) in [6.07, 6.45) is 11.5. The smallest absolute Gasteiger partial charge is 0.229 e. The quantitative estimate of drug-likeness (QED) is 0.591. The van der Waals surface area contributed by atoms with E-state index in [4.69, 9.17) is 4.74 Å². The van der Waals surface area contributed by atoms with Crippen LogP contribution in [0.4, 0.5) is 4.39 Å². The Labute approximate surface area is 192 Å². The van der Waals surface area contributed by atoms with Gasteiger partial charge in [0.15, 0.2) is 0 Å². The Bertz CT molecular complexity index is 826. The predicted molar refractivity (Wildman–Crippen MR) is 127 cm³/mol. The summed E-state index contributed by atoms with van der Waals surface area (Å²) in [6, 6.07) is 8.26. The molecule has 174 valence electrons. The number of rotatable bonds is 7. The summed E-state index contributed by atoms with van der Waals surface area (Å²) in [5.41, 5.74) is 1.20. The number of halogens is 1. The molecule has 32 heavy (non-hydrogen) atoms. The molecule has 0 bridgehead atoms. The minimum absolute atomic E-state index is 0.0122. The molecule has 0 spiro atoms. The highest BCUT2D eigenvalue weighted by Crippen LogP contribution is 2.28. The van der Waals surface area contributed by atoms with E-state index in [1.165, 1.54) is 5.57 Å². The van der Waals surface area contributed by atoms with Gasteiger partial charge in [-0.05, 0) is 88.2 Å². The van der Waals surface area contributed by atoms with E-state index in [9.17, 15) is 9.18 Å². The minimum atomic E-state index is -1.13. The highest BCUT2D eigenvalue weighted by atomic mass is 19.1. The highest BCUT2D eigenvalue weighted by molar-refractivity contribution is 5.84. The van der Waals surface area contributed by atoms with Gasteiger partial charge in [-0.3, -0.25) is 4.79 Å². The maximum absolute atomic E-state index is 13.8. The Morgan fingerprint density at radius 2 is 1.78 bits per heavy atom. The Morgan fingerprint density at radius 3 is 2.38 bits per heavy atom. The molecule has 1 atom stereocenters. The van der Waals surface area contributed by atoms with Gasteiger partial charge in [0.05, 0.1) is 12.5 Å². The molecule has 0 radical (unpaired) electrons. The maximum Gasteiger partial charge on any atom is 0.229 e. The van der Waals surface area contributed by atoms with E-state index in [-0.39, 0.29) is 11.8 Å². The van der Waals surface area contributed by atoms with Crippen LogP contribution in [0.2, 0.25) is 0 Å². The molecule has 0 N–H and O–H groups in total. The summed E-state index contributed by atoms with van der Waals surface area (Å²) in [4.78, 5) is 16.8. The molecule has 1 amide bonds. The van der Waals surface area contributed by atoms with Crippen LogP contribution >= 0.6 is 0 Å². The van der Waals surface area contributed by atoms with E-state index in [0.29, 0.717) is 12.5 Å². The minimum Gasteiger partial charge on any atom is -0.493 e. The number of nitrogens with zero attached hydrogens (tertiary/aromatic N) is 2. The summed E-state index contributed by atoms with van der Waals surface area (Å²) >= 11 is 0. The van der Waals surface area contributed by atoms with Gasteiger partial charge in [0.25, 0.3) is 0 Å². The fourth-order valence-electron chi connectivity index (χ4n) is 4.99. The number of carbonyl (C=O) groups is 1. The molecular weight excluding hydrogens is 403 g/mol. The van der Waals surface area contributed by atoms with Crippen LogP contribution in [0.15, 0.2) is 42.5 Å². The van der Waals surface area contributed by atoms with E-state index in [1.807, 2.05) is 17.0 Å². The zero-order valence-electron chi connectivity index (χ0n) is 19.6. The van der Waals surface area contributed by atoms with Gasteiger partial charge in [0.1, 0.15) is 11.4 Å². The van der Waals surface area contributed by atoms with Gasteiger partial charge >= 0.3 is 0 Å². The van der Waals surface area contributed by atoms with Crippen LogP contribution in [0, 0.1) is 11.8 Å². The first-order valence-corrected chi connectivity index (χ1v) is 12.2. The van der Waals surface area contributed by atoms with Crippen molar-refractivity contribution in [1.29, 1.82) is 0 Å². The molecule has 1 aromatic carbocycles. The SMILES string of the molecule is CC(C)(F)CN1CCC(COc2ccc(C3=CCC(C(=O)N4CCCC4)C=C3)cc2)CC1. The second-order valence-corrected chi connectivity index (χ2v) is 10.2. The van der Waals surface area contributed by atoms with Crippen molar-refractivity contribution in [2.24, 2.45) is 11.8 Å². The molecule has 0 aromatic heterocycles. The van der Waals surface area contributed by atoms with Crippen LogP contribution in [0.3, 0.4) is 0 Å². The van der Waals surface area contributed by atoms with E-state index in [2.05, 4.69) is 35.3 Å². The lowest BCUT2D eigenvalue weighted by atomic mass is 9.92. The van der Waals surface area contributed by atoms with Gasteiger partial charge < -0.3 is 14.5 Å². The van der Waals surface area contributed by atoms with Crippen molar-refractivity contribution in [3.8, 4) is 5.75 Å². The lowest BCUT2D eigenvalue weighted by molar-refractivity contribution is -0.132. The normalized spacial score (nSPS) is 22.8. The number of amides is 1. The number of likely N-dealkylation sites (tertiary alicyclic amines) is 2. The molecule has 3 aliphatic rings. The molecule has 1 aromatic rings. The molecule has 2 saturated heterocycles. The van der Waals surface area contributed by atoms with Crippen molar-refractivity contribution in [1.82, 2.24) is 9.80 Å². The van der Waals surface area contributed by atoms with Crippen molar-refractivity contribution in [2.75, 3.05) is 39.3 Å². The second-order valence-electron chi connectivity index (χ2n) is 10.2. The van der Waals surface area contributed by atoms with Gasteiger partial charge in [-0.2, -0.15) is 0 Å². The lowest BCUT2D eigenvalue weighted by Gasteiger charge is -2.34. The standard InChI is InChI=1S/C27H37FN2O2/c1-27(2,28)20-29-17-13-21(14-18-29)19-32-25-11-9-23(10-12-25)22-5-7-24(8-6-22)26(31)30-15-3-4-16-30/h5-7,9-12,21,24H,3-4,8,13-20H2,1-2H3. The monoisotopic (exact) mass is 440 g/mol. The van der Waals surface area contributed by atoms with Gasteiger partial charge in [0, 0.05) is 19.6 Å². The fraction of sp³-hybridized carbons (Fsp3) is 0.593.